The Morgan fingerprint density at radius 2 is 1.92 bits per heavy atom. The number of aryl methyl sites for hydroxylation is 2. The molecular weight excluding hydrogens is 499 g/mol. The molecule has 0 spiro atoms. The number of hydrogen-bond donors (Lipinski definition) is 1. The van der Waals surface area contributed by atoms with Gasteiger partial charge in [-0.15, -0.1) is 11.8 Å². The highest BCUT2D eigenvalue weighted by Crippen LogP contribution is 2.49. The summed E-state index contributed by atoms with van der Waals surface area (Å²) in [5.41, 5.74) is 4.57. The van der Waals surface area contributed by atoms with E-state index in [0.717, 1.165) is 34.5 Å². The quantitative estimate of drug-likeness (QED) is 0.419. The maximum Gasteiger partial charge on any atom is 0.240 e. The van der Waals surface area contributed by atoms with Crippen molar-refractivity contribution >= 4 is 29.4 Å². The Kier molecular flexibility index (Phi) is 8.02. The van der Waals surface area contributed by atoms with E-state index < -0.39 is 10.7 Å². The highest BCUT2D eigenvalue weighted by atomic mass is 32.2. The van der Waals surface area contributed by atoms with Crippen LogP contribution in [0.5, 0.6) is 0 Å². The van der Waals surface area contributed by atoms with Gasteiger partial charge in [-0.3, -0.25) is 14.5 Å². The molecule has 8 heteroatoms. The van der Waals surface area contributed by atoms with Crippen molar-refractivity contribution in [1.82, 2.24) is 15.1 Å². The highest BCUT2D eigenvalue weighted by molar-refractivity contribution is 8.00. The molecule has 1 aliphatic rings. The second kappa shape index (κ2) is 10.9. The van der Waals surface area contributed by atoms with Crippen LogP contribution < -0.4 is 10.2 Å². The molecule has 0 saturated carbocycles. The van der Waals surface area contributed by atoms with Gasteiger partial charge in [-0.25, -0.2) is 9.07 Å². The molecule has 38 heavy (non-hydrogen) atoms. The average Bonchev–Trinajstić information content (AvgIpc) is 3.17. The number of amides is 2. The van der Waals surface area contributed by atoms with Crippen molar-refractivity contribution < 1.29 is 14.0 Å². The largest absolute Gasteiger partial charge is 0.352 e. The summed E-state index contributed by atoms with van der Waals surface area (Å²) in [7, 11) is 0. The highest BCUT2D eigenvalue weighted by Gasteiger charge is 2.40. The molecule has 1 aromatic heterocycles. The van der Waals surface area contributed by atoms with Crippen LogP contribution in [0.3, 0.4) is 0 Å². The second-order valence-electron chi connectivity index (χ2n) is 11.1. The maximum absolute atomic E-state index is 15.3. The summed E-state index contributed by atoms with van der Waals surface area (Å²) in [5.74, 6) is -0.129. The van der Waals surface area contributed by atoms with Gasteiger partial charge in [-0.05, 0) is 44.9 Å². The summed E-state index contributed by atoms with van der Waals surface area (Å²) in [5, 5.41) is 7.62. The number of halogens is 1. The number of nitrogens with zero attached hydrogens (tertiary/aromatic N) is 3. The number of thioether (sulfide) groups is 1. The number of fused-ring (bicyclic) bond motifs is 1. The Hall–Kier alpha value is -3.13. The molecule has 0 bridgehead atoms. The summed E-state index contributed by atoms with van der Waals surface area (Å²) >= 11 is 1.38. The minimum absolute atomic E-state index is 0.0148. The molecule has 2 aromatic carbocycles. The summed E-state index contributed by atoms with van der Waals surface area (Å²) in [6.07, 6.45) is 0.783. The zero-order chi connectivity index (χ0) is 27.8. The summed E-state index contributed by atoms with van der Waals surface area (Å²) < 4.78 is 17.0. The third-order valence-electron chi connectivity index (χ3n) is 6.89. The van der Waals surface area contributed by atoms with Gasteiger partial charge in [0.2, 0.25) is 11.8 Å². The Bertz CT molecular complexity index is 1360. The number of carbonyl (C=O) groups excluding carboxylic acids is 2. The van der Waals surface area contributed by atoms with E-state index in [-0.39, 0.29) is 36.0 Å². The zero-order valence-corrected chi connectivity index (χ0v) is 24.1. The lowest BCUT2D eigenvalue weighted by atomic mass is 9.87. The van der Waals surface area contributed by atoms with Gasteiger partial charge in [-0.2, -0.15) is 5.10 Å². The molecule has 1 aliphatic heterocycles. The van der Waals surface area contributed by atoms with Crippen molar-refractivity contribution in [3.8, 4) is 5.69 Å². The van der Waals surface area contributed by atoms with Crippen molar-refractivity contribution in [3.05, 3.63) is 76.2 Å². The number of benzene rings is 2. The van der Waals surface area contributed by atoms with E-state index in [0.29, 0.717) is 11.4 Å². The van der Waals surface area contributed by atoms with Gasteiger partial charge in [0.1, 0.15) is 18.2 Å². The first-order chi connectivity index (χ1) is 17.9. The second-order valence-corrected chi connectivity index (χ2v) is 12.2. The van der Waals surface area contributed by atoms with E-state index in [1.54, 1.807) is 21.7 Å². The topological polar surface area (TPSA) is 67.2 Å². The molecule has 2 atom stereocenters. The van der Waals surface area contributed by atoms with E-state index in [9.17, 15) is 9.59 Å². The minimum atomic E-state index is -0.466. The monoisotopic (exact) mass is 536 g/mol. The maximum atomic E-state index is 15.3. The van der Waals surface area contributed by atoms with Crippen molar-refractivity contribution in [2.75, 3.05) is 17.2 Å². The van der Waals surface area contributed by atoms with Gasteiger partial charge in [0.15, 0.2) is 0 Å². The third-order valence-corrected chi connectivity index (χ3v) is 8.13. The molecule has 3 aromatic rings. The Balaban J connectivity index is 2.03. The van der Waals surface area contributed by atoms with Gasteiger partial charge < -0.3 is 5.32 Å². The molecule has 4 rings (SSSR count). The molecule has 0 radical (unpaired) electrons. The number of rotatable bonds is 6. The molecule has 2 unspecified atom stereocenters. The van der Waals surface area contributed by atoms with Crippen LogP contribution in [0.2, 0.25) is 0 Å². The van der Waals surface area contributed by atoms with Crippen LogP contribution >= 0.6 is 11.8 Å². The Morgan fingerprint density at radius 1 is 1.21 bits per heavy atom. The fourth-order valence-electron chi connectivity index (χ4n) is 4.78. The van der Waals surface area contributed by atoms with Gasteiger partial charge in [-0.1, -0.05) is 63.6 Å². The van der Waals surface area contributed by atoms with Crippen molar-refractivity contribution in [3.63, 3.8) is 0 Å². The molecule has 0 saturated heterocycles. The fourth-order valence-corrected chi connectivity index (χ4v) is 6.00. The van der Waals surface area contributed by atoms with Crippen LogP contribution in [0.4, 0.5) is 10.2 Å². The predicted molar refractivity (Wildman–Crippen MR) is 153 cm³/mol. The van der Waals surface area contributed by atoms with Gasteiger partial charge in [0, 0.05) is 22.6 Å². The van der Waals surface area contributed by atoms with Crippen LogP contribution in [-0.4, -0.2) is 39.9 Å². The molecule has 202 valence electrons. The van der Waals surface area contributed by atoms with Crippen LogP contribution in [0.1, 0.15) is 74.2 Å². The van der Waals surface area contributed by atoms with Gasteiger partial charge in [0.25, 0.3) is 0 Å². The molecule has 1 N–H and O–H groups in total. The lowest BCUT2D eigenvalue weighted by Crippen LogP contribution is -2.44. The predicted octanol–water partition coefficient (Wildman–Crippen LogP) is 6.01. The Morgan fingerprint density at radius 3 is 2.55 bits per heavy atom. The molecule has 2 amide bonds. The van der Waals surface area contributed by atoms with Crippen LogP contribution in [0.15, 0.2) is 42.5 Å². The first-order valence-electron chi connectivity index (χ1n) is 13.1. The first-order valence-corrected chi connectivity index (χ1v) is 14.1. The smallest absolute Gasteiger partial charge is 0.240 e. The summed E-state index contributed by atoms with van der Waals surface area (Å²) in [4.78, 5) is 28.4. The molecule has 0 aliphatic carbocycles. The number of aromatic nitrogens is 2. The third kappa shape index (κ3) is 5.51. The van der Waals surface area contributed by atoms with Crippen LogP contribution in [-0.2, 0) is 15.0 Å². The summed E-state index contributed by atoms with van der Waals surface area (Å²) in [6, 6.07) is 12.8. The minimum Gasteiger partial charge on any atom is -0.352 e. The SMILES string of the molecule is CCC(C)NC(=O)CN1C(=O)CSC(c2ccccc2F)c2c(C(C)(C)C)nn(-c3ccc(C)cc3C)c21. The van der Waals surface area contributed by atoms with Crippen LogP contribution in [0, 0.1) is 19.7 Å². The number of nitrogens with one attached hydrogen (secondary N) is 1. The zero-order valence-electron chi connectivity index (χ0n) is 23.3. The molecule has 2 heterocycles. The first kappa shape index (κ1) is 27.9. The molecule has 6 nitrogen and oxygen atoms in total. The lowest BCUT2D eigenvalue weighted by Gasteiger charge is -2.25. The molecular formula is C30H37FN4O2S. The lowest BCUT2D eigenvalue weighted by molar-refractivity contribution is -0.123. The van der Waals surface area contributed by atoms with E-state index in [2.05, 4.69) is 32.2 Å². The number of anilines is 1. The number of carbonyl (C=O) groups is 2. The van der Waals surface area contributed by atoms with E-state index >= 15 is 4.39 Å². The van der Waals surface area contributed by atoms with Crippen molar-refractivity contribution in [2.24, 2.45) is 0 Å². The standard InChI is InChI=1S/C30H37FN4O2S/c1-8-20(4)32-24(36)16-34-25(37)17-38-27(21-11-9-10-12-22(21)31)26-28(30(5,6)7)33-35(29(26)34)23-14-13-18(2)15-19(23)3/h9-15,20,27H,8,16-17H2,1-7H3,(H,32,36). The number of hydrogen-bond acceptors (Lipinski definition) is 4. The van der Waals surface area contributed by atoms with Gasteiger partial charge in [0.05, 0.1) is 22.4 Å². The van der Waals surface area contributed by atoms with E-state index in [4.69, 9.17) is 5.10 Å². The Labute approximate surface area is 229 Å². The average molecular weight is 537 g/mol. The van der Waals surface area contributed by atoms with Crippen molar-refractivity contribution in [2.45, 2.75) is 71.6 Å². The molecule has 0 fully saturated rings. The van der Waals surface area contributed by atoms with E-state index in [1.807, 2.05) is 45.9 Å². The van der Waals surface area contributed by atoms with Crippen molar-refractivity contribution in [1.29, 1.82) is 0 Å². The van der Waals surface area contributed by atoms with E-state index in [1.165, 1.54) is 17.8 Å². The van der Waals surface area contributed by atoms with Gasteiger partial charge >= 0.3 is 0 Å². The fraction of sp³-hybridized carbons (Fsp3) is 0.433. The summed E-state index contributed by atoms with van der Waals surface area (Å²) in [6.45, 7) is 14.0. The van der Waals surface area contributed by atoms with Crippen LogP contribution in [0.25, 0.3) is 5.69 Å². The normalized spacial score (nSPS) is 16.7.